The van der Waals surface area contributed by atoms with Crippen LogP contribution in [0.3, 0.4) is 0 Å². The average Bonchev–Trinajstić information content (AvgIpc) is 2.97. The molecule has 2 aromatic heterocycles. The van der Waals surface area contributed by atoms with Crippen LogP contribution in [-0.2, 0) is 11.3 Å². The highest BCUT2D eigenvalue weighted by Gasteiger charge is 2.17. The molecular formula is C16H17FN4O. The largest absolute Gasteiger partial charge is 0.370 e. The van der Waals surface area contributed by atoms with Crippen LogP contribution in [0.25, 0.3) is 22.0 Å². The number of amides is 1. The summed E-state index contributed by atoms with van der Waals surface area (Å²) in [6.07, 6.45) is 2.11. The fourth-order valence-corrected chi connectivity index (χ4v) is 2.83. The van der Waals surface area contributed by atoms with Crippen molar-refractivity contribution in [3.63, 3.8) is 0 Å². The number of aromatic nitrogens is 3. The highest BCUT2D eigenvalue weighted by molar-refractivity contribution is 5.96. The Balaban J connectivity index is 2.08. The molecule has 0 saturated heterocycles. The number of nitrogens with one attached hydrogen (secondary N) is 1. The van der Waals surface area contributed by atoms with Gasteiger partial charge >= 0.3 is 0 Å². The lowest BCUT2D eigenvalue weighted by Gasteiger charge is -2.04. The summed E-state index contributed by atoms with van der Waals surface area (Å²) in [5.74, 6) is -0.622. The quantitative estimate of drug-likeness (QED) is 0.777. The van der Waals surface area contributed by atoms with E-state index in [1.807, 2.05) is 20.0 Å². The molecule has 0 atom stereocenters. The Morgan fingerprint density at radius 2 is 2.18 bits per heavy atom. The van der Waals surface area contributed by atoms with Crippen LogP contribution >= 0.6 is 0 Å². The molecule has 0 aliphatic carbocycles. The Hall–Kier alpha value is -2.63. The number of rotatable bonds is 4. The van der Waals surface area contributed by atoms with Crippen LogP contribution in [0.2, 0.25) is 0 Å². The third-order valence-electron chi connectivity index (χ3n) is 3.86. The van der Waals surface area contributed by atoms with Gasteiger partial charge in [-0.2, -0.15) is 5.10 Å². The molecule has 0 saturated carbocycles. The van der Waals surface area contributed by atoms with E-state index in [1.54, 1.807) is 10.7 Å². The number of benzene rings is 1. The lowest BCUT2D eigenvalue weighted by Crippen LogP contribution is -2.15. The van der Waals surface area contributed by atoms with Gasteiger partial charge in [0.2, 0.25) is 5.91 Å². The number of halogens is 1. The van der Waals surface area contributed by atoms with E-state index in [9.17, 15) is 9.18 Å². The molecule has 0 radical (unpaired) electrons. The molecule has 0 fully saturated rings. The van der Waals surface area contributed by atoms with Crippen molar-refractivity contribution in [3.8, 4) is 11.1 Å². The van der Waals surface area contributed by atoms with Gasteiger partial charge in [-0.1, -0.05) is 0 Å². The fraction of sp³-hybridized carbons (Fsp3) is 0.250. The highest BCUT2D eigenvalue weighted by atomic mass is 19.1. The first-order valence-corrected chi connectivity index (χ1v) is 7.06. The lowest BCUT2D eigenvalue weighted by atomic mass is 10.0. The second-order valence-corrected chi connectivity index (χ2v) is 5.38. The zero-order chi connectivity index (χ0) is 15.9. The molecule has 0 unspecified atom stereocenters. The maximum atomic E-state index is 13.3. The number of H-pyrrole nitrogens is 1. The van der Waals surface area contributed by atoms with Crippen LogP contribution in [0.1, 0.15) is 17.8 Å². The van der Waals surface area contributed by atoms with E-state index in [4.69, 9.17) is 5.73 Å². The monoisotopic (exact) mass is 300 g/mol. The Kier molecular flexibility index (Phi) is 3.44. The molecule has 1 amide bonds. The summed E-state index contributed by atoms with van der Waals surface area (Å²) in [5.41, 5.74) is 9.76. The van der Waals surface area contributed by atoms with Crippen molar-refractivity contribution >= 4 is 16.8 Å². The van der Waals surface area contributed by atoms with E-state index in [-0.39, 0.29) is 18.1 Å². The number of primary amides is 1. The molecule has 114 valence electrons. The summed E-state index contributed by atoms with van der Waals surface area (Å²) >= 11 is 0. The molecule has 0 aliphatic rings. The zero-order valence-corrected chi connectivity index (χ0v) is 12.5. The molecule has 1 aromatic carbocycles. The van der Waals surface area contributed by atoms with Gasteiger partial charge in [-0.05, 0) is 32.0 Å². The van der Waals surface area contributed by atoms with Gasteiger partial charge in [-0.3, -0.25) is 9.48 Å². The molecular weight excluding hydrogens is 283 g/mol. The molecule has 2 heterocycles. The number of nitrogens with two attached hydrogens (primary N) is 1. The van der Waals surface area contributed by atoms with E-state index in [1.165, 1.54) is 12.1 Å². The summed E-state index contributed by atoms with van der Waals surface area (Å²) in [5, 5.41) is 5.43. The Bertz CT molecular complexity index is 863. The Morgan fingerprint density at radius 3 is 2.91 bits per heavy atom. The van der Waals surface area contributed by atoms with Crippen molar-refractivity contribution in [2.75, 3.05) is 0 Å². The lowest BCUT2D eigenvalue weighted by molar-refractivity contribution is -0.118. The van der Waals surface area contributed by atoms with Gasteiger partial charge in [0.05, 0.1) is 5.69 Å². The molecule has 22 heavy (non-hydrogen) atoms. The first kappa shape index (κ1) is 14.3. The van der Waals surface area contributed by atoms with Gasteiger partial charge in [0, 0.05) is 46.9 Å². The Labute approximate surface area is 126 Å². The number of hydrogen-bond acceptors (Lipinski definition) is 2. The van der Waals surface area contributed by atoms with Crippen molar-refractivity contribution in [3.05, 3.63) is 41.6 Å². The smallest absolute Gasteiger partial charge is 0.219 e. The third-order valence-corrected chi connectivity index (χ3v) is 3.86. The SMILES string of the molecule is Cc1nn(CCC(N)=O)c(C)c1-c1c[nH]c2cc(F)ccc12. The summed E-state index contributed by atoms with van der Waals surface area (Å²) in [6, 6.07) is 4.68. The number of hydrogen-bond donors (Lipinski definition) is 2. The van der Waals surface area contributed by atoms with E-state index >= 15 is 0 Å². The molecule has 3 aromatic rings. The summed E-state index contributed by atoms with van der Waals surface area (Å²) < 4.78 is 15.1. The molecule has 0 spiro atoms. The predicted octanol–water partition coefficient (Wildman–Crippen LogP) is 2.66. The molecule has 5 nitrogen and oxygen atoms in total. The van der Waals surface area contributed by atoms with Gasteiger partial charge in [-0.15, -0.1) is 0 Å². The van der Waals surface area contributed by atoms with Crippen LogP contribution < -0.4 is 5.73 Å². The van der Waals surface area contributed by atoms with E-state index in [2.05, 4.69) is 10.1 Å². The number of aromatic amines is 1. The van der Waals surface area contributed by atoms with E-state index < -0.39 is 0 Å². The van der Waals surface area contributed by atoms with Gasteiger partial charge in [0.15, 0.2) is 0 Å². The fourth-order valence-electron chi connectivity index (χ4n) is 2.83. The number of nitrogens with zero attached hydrogens (tertiary/aromatic N) is 2. The van der Waals surface area contributed by atoms with Crippen LogP contribution in [0.4, 0.5) is 4.39 Å². The number of fused-ring (bicyclic) bond motifs is 1. The van der Waals surface area contributed by atoms with Crippen LogP contribution in [0, 0.1) is 19.7 Å². The summed E-state index contributed by atoms with van der Waals surface area (Å²) in [6.45, 7) is 4.34. The molecule has 0 bridgehead atoms. The number of carbonyl (C=O) groups excluding carboxylic acids is 1. The third kappa shape index (κ3) is 2.36. The van der Waals surface area contributed by atoms with Crippen molar-refractivity contribution in [1.82, 2.24) is 14.8 Å². The Morgan fingerprint density at radius 1 is 1.41 bits per heavy atom. The minimum absolute atomic E-state index is 0.250. The topological polar surface area (TPSA) is 76.7 Å². The minimum Gasteiger partial charge on any atom is -0.370 e. The second kappa shape index (κ2) is 5.29. The number of carbonyl (C=O) groups is 1. The first-order chi connectivity index (χ1) is 10.5. The van der Waals surface area contributed by atoms with Crippen LogP contribution in [-0.4, -0.2) is 20.7 Å². The second-order valence-electron chi connectivity index (χ2n) is 5.38. The maximum absolute atomic E-state index is 13.3. The van der Waals surface area contributed by atoms with E-state index in [0.29, 0.717) is 6.54 Å². The standard InChI is InChI=1S/C16H17FN4O/c1-9-16(10(2)21(20-9)6-5-15(18)22)13-8-19-14-7-11(17)3-4-12(13)14/h3-4,7-8,19H,5-6H2,1-2H3,(H2,18,22). The average molecular weight is 300 g/mol. The van der Waals surface area contributed by atoms with Gasteiger partial charge in [0.25, 0.3) is 0 Å². The van der Waals surface area contributed by atoms with Crippen molar-refractivity contribution in [1.29, 1.82) is 0 Å². The van der Waals surface area contributed by atoms with Crippen molar-refractivity contribution in [2.45, 2.75) is 26.8 Å². The van der Waals surface area contributed by atoms with Crippen molar-refractivity contribution in [2.24, 2.45) is 5.73 Å². The summed E-state index contributed by atoms with van der Waals surface area (Å²) in [4.78, 5) is 14.0. The van der Waals surface area contributed by atoms with Gasteiger partial charge in [-0.25, -0.2) is 4.39 Å². The van der Waals surface area contributed by atoms with Crippen LogP contribution in [0.5, 0.6) is 0 Å². The van der Waals surface area contributed by atoms with Gasteiger partial charge in [0.1, 0.15) is 5.82 Å². The van der Waals surface area contributed by atoms with Gasteiger partial charge < -0.3 is 10.7 Å². The minimum atomic E-state index is -0.350. The predicted molar refractivity (Wildman–Crippen MR) is 82.8 cm³/mol. The molecule has 3 N–H and O–H groups in total. The van der Waals surface area contributed by atoms with E-state index in [0.717, 1.165) is 33.4 Å². The molecule has 6 heteroatoms. The zero-order valence-electron chi connectivity index (χ0n) is 12.5. The van der Waals surface area contributed by atoms with Crippen molar-refractivity contribution < 1.29 is 9.18 Å². The highest BCUT2D eigenvalue weighted by Crippen LogP contribution is 2.33. The first-order valence-electron chi connectivity index (χ1n) is 7.06. The normalized spacial score (nSPS) is 11.2. The number of aryl methyl sites for hydroxylation is 2. The maximum Gasteiger partial charge on any atom is 0.219 e. The molecule has 3 rings (SSSR count). The molecule has 0 aliphatic heterocycles. The van der Waals surface area contributed by atoms with Crippen LogP contribution in [0.15, 0.2) is 24.4 Å². The summed E-state index contributed by atoms with van der Waals surface area (Å²) in [7, 11) is 0.